The molecule has 0 spiro atoms. The maximum Gasteiger partial charge on any atom is 0.256 e. The van der Waals surface area contributed by atoms with Crippen LogP contribution in [0.15, 0.2) is 35.2 Å². The van der Waals surface area contributed by atoms with Crippen LogP contribution in [0.4, 0.5) is 16.8 Å². The molecule has 2 aromatic heterocycles. The first-order chi connectivity index (χ1) is 19.5. The summed E-state index contributed by atoms with van der Waals surface area (Å²) >= 11 is 1.36. The smallest absolute Gasteiger partial charge is 0.256 e. The molecule has 0 radical (unpaired) electrons. The zero-order chi connectivity index (χ0) is 29.5. The molecule has 2 amide bonds. The molecule has 1 atom stereocenters. The molecule has 5 rings (SSSR count). The normalized spacial score (nSPS) is 15.6. The number of aryl methyl sites for hydroxylation is 1. The second-order valence-electron chi connectivity index (χ2n) is 10.3. The van der Waals surface area contributed by atoms with Crippen molar-refractivity contribution in [3.63, 3.8) is 0 Å². The van der Waals surface area contributed by atoms with Crippen molar-refractivity contribution in [3.8, 4) is 10.4 Å². The fraction of sp³-hybridized carbons (Fsp3) is 0.429. The van der Waals surface area contributed by atoms with E-state index in [9.17, 15) is 18.0 Å². The fourth-order valence-electron chi connectivity index (χ4n) is 4.98. The molecule has 1 fully saturated rings. The van der Waals surface area contributed by atoms with Gasteiger partial charge in [0.25, 0.3) is 11.8 Å². The van der Waals surface area contributed by atoms with Crippen LogP contribution in [-0.4, -0.2) is 68.5 Å². The van der Waals surface area contributed by atoms with Gasteiger partial charge in [-0.2, -0.15) is 0 Å². The molecule has 13 heteroatoms. The highest BCUT2D eigenvalue weighted by Crippen LogP contribution is 2.42. The first kappa shape index (κ1) is 29.1. The Morgan fingerprint density at radius 2 is 2.02 bits per heavy atom. The van der Waals surface area contributed by atoms with Gasteiger partial charge in [0.2, 0.25) is 10.0 Å². The summed E-state index contributed by atoms with van der Waals surface area (Å²) in [6.07, 6.45) is 2.17. The third-order valence-electron chi connectivity index (χ3n) is 7.53. The summed E-state index contributed by atoms with van der Waals surface area (Å²) in [4.78, 5) is 39.0. The molecule has 1 aliphatic carbocycles. The van der Waals surface area contributed by atoms with E-state index in [1.165, 1.54) is 23.3 Å². The Morgan fingerprint density at radius 3 is 2.71 bits per heavy atom. The number of nitrogens with zero attached hydrogens (tertiary/aromatic N) is 4. The van der Waals surface area contributed by atoms with E-state index in [0.717, 1.165) is 17.7 Å². The van der Waals surface area contributed by atoms with Crippen molar-refractivity contribution in [1.29, 1.82) is 0 Å². The van der Waals surface area contributed by atoms with Gasteiger partial charge in [0.1, 0.15) is 18.2 Å². The first-order valence-electron chi connectivity index (χ1n) is 13.5. The van der Waals surface area contributed by atoms with Gasteiger partial charge >= 0.3 is 0 Å². The van der Waals surface area contributed by atoms with E-state index in [4.69, 9.17) is 4.74 Å². The lowest BCUT2D eigenvalue weighted by molar-refractivity contribution is -0.122. The zero-order valence-corrected chi connectivity index (χ0v) is 25.4. The molecule has 0 bridgehead atoms. The van der Waals surface area contributed by atoms with Gasteiger partial charge < -0.3 is 15.0 Å². The Morgan fingerprint density at radius 1 is 1.27 bits per heavy atom. The maximum absolute atomic E-state index is 13.4. The Hall–Kier alpha value is -3.39. The van der Waals surface area contributed by atoms with E-state index in [1.54, 1.807) is 36.2 Å². The van der Waals surface area contributed by atoms with E-state index in [2.05, 4.69) is 20.0 Å². The number of thiazole rings is 1. The van der Waals surface area contributed by atoms with Crippen LogP contribution in [-0.2, 0) is 26.1 Å². The van der Waals surface area contributed by atoms with Gasteiger partial charge in [0.15, 0.2) is 5.13 Å². The minimum Gasteiger partial charge on any atom is -0.372 e. The second kappa shape index (κ2) is 11.5. The average molecular weight is 599 g/mol. The molecule has 1 saturated carbocycles. The number of benzene rings is 1. The quantitative estimate of drug-likeness (QED) is 0.339. The Labute approximate surface area is 244 Å². The number of hydrogen-bond donors (Lipinski definition) is 2. The molecule has 218 valence electrons. The standard InChI is InChI=1S/C28H34N6O5S2/c1-6-39-15-24(35)33(5)23-9-7-8-22(31-23)32-28-30-16(2)26(40-28)19-12-20-14-34(17(3)18-10-11-18)27(36)25(20)21(13-19)41(37,38)29-4/h7-9,12-13,17-18,29H,6,10-11,14-15H2,1-5H3,(H,30,31,32)/t17-/m0/s1. The van der Waals surface area contributed by atoms with Gasteiger partial charge in [-0.25, -0.2) is 23.1 Å². The third-order valence-corrected chi connectivity index (χ3v) is 10.1. The Bertz CT molecular complexity index is 1600. The van der Waals surface area contributed by atoms with Crippen molar-refractivity contribution < 1.29 is 22.7 Å². The van der Waals surface area contributed by atoms with Crippen molar-refractivity contribution in [2.75, 3.05) is 37.5 Å². The molecular formula is C28H34N6O5S2. The van der Waals surface area contributed by atoms with Crippen LogP contribution >= 0.6 is 11.3 Å². The highest BCUT2D eigenvalue weighted by atomic mass is 32.2. The lowest BCUT2D eigenvalue weighted by Crippen LogP contribution is -2.35. The summed E-state index contributed by atoms with van der Waals surface area (Å²) in [7, 11) is -0.913. The number of anilines is 3. The molecule has 0 unspecified atom stereocenters. The fourth-order valence-corrected chi connectivity index (χ4v) is 6.93. The summed E-state index contributed by atoms with van der Waals surface area (Å²) in [5, 5.41) is 3.76. The van der Waals surface area contributed by atoms with Crippen LogP contribution in [0.2, 0.25) is 0 Å². The number of hydrogen-bond acceptors (Lipinski definition) is 9. The zero-order valence-electron chi connectivity index (χ0n) is 23.7. The molecule has 1 aromatic carbocycles. The van der Waals surface area contributed by atoms with Crippen LogP contribution in [0, 0.1) is 12.8 Å². The van der Waals surface area contributed by atoms with Crippen molar-refractivity contribution >= 4 is 49.9 Å². The summed E-state index contributed by atoms with van der Waals surface area (Å²) < 4.78 is 33.8. The maximum atomic E-state index is 13.4. The first-order valence-corrected chi connectivity index (χ1v) is 15.8. The number of fused-ring (bicyclic) bond motifs is 1. The molecule has 41 heavy (non-hydrogen) atoms. The summed E-state index contributed by atoms with van der Waals surface area (Å²) in [6, 6.07) is 8.82. The predicted octanol–water partition coefficient (Wildman–Crippen LogP) is 3.92. The monoisotopic (exact) mass is 598 g/mol. The molecular weight excluding hydrogens is 564 g/mol. The molecule has 2 aliphatic rings. The number of likely N-dealkylation sites (N-methyl/N-ethyl adjacent to an activating group) is 1. The number of nitrogens with one attached hydrogen (secondary N) is 2. The van der Waals surface area contributed by atoms with Gasteiger partial charge in [0, 0.05) is 26.2 Å². The van der Waals surface area contributed by atoms with Gasteiger partial charge in [-0.05, 0) is 82.0 Å². The van der Waals surface area contributed by atoms with Gasteiger partial charge in [-0.3, -0.25) is 14.5 Å². The molecule has 0 saturated heterocycles. The second-order valence-corrected chi connectivity index (χ2v) is 13.1. The van der Waals surface area contributed by atoms with E-state index < -0.39 is 10.0 Å². The van der Waals surface area contributed by atoms with Crippen molar-refractivity contribution in [3.05, 3.63) is 47.2 Å². The molecule has 3 heterocycles. The average Bonchev–Trinajstić information content (AvgIpc) is 3.68. The van der Waals surface area contributed by atoms with E-state index >= 15 is 0 Å². The molecule has 1 aliphatic heterocycles. The number of rotatable bonds is 11. The van der Waals surface area contributed by atoms with Gasteiger partial charge in [-0.15, -0.1) is 0 Å². The lowest BCUT2D eigenvalue weighted by Gasteiger charge is -2.24. The van der Waals surface area contributed by atoms with Crippen LogP contribution < -0.4 is 14.9 Å². The van der Waals surface area contributed by atoms with Crippen LogP contribution in [0.25, 0.3) is 10.4 Å². The highest BCUT2D eigenvalue weighted by molar-refractivity contribution is 7.89. The van der Waals surface area contributed by atoms with E-state index in [-0.39, 0.29) is 34.9 Å². The summed E-state index contributed by atoms with van der Waals surface area (Å²) in [6.45, 7) is 6.51. The highest BCUT2D eigenvalue weighted by Gasteiger charge is 2.41. The number of ether oxygens (including phenoxy) is 1. The number of pyridine rings is 1. The van der Waals surface area contributed by atoms with Crippen LogP contribution in [0.1, 0.15) is 48.3 Å². The molecule has 2 N–H and O–H groups in total. The van der Waals surface area contributed by atoms with Crippen LogP contribution in [0.3, 0.4) is 0 Å². The van der Waals surface area contributed by atoms with E-state index in [1.807, 2.05) is 26.8 Å². The van der Waals surface area contributed by atoms with Gasteiger partial charge in [-0.1, -0.05) is 17.4 Å². The molecule has 11 nitrogen and oxygen atoms in total. The van der Waals surface area contributed by atoms with Gasteiger partial charge in [0.05, 0.1) is 21.0 Å². The molecule has 3 aromatic rings. The largest absolute Gasteiger partial charge is 0.372 e. The predicted molar refractivity (Wildman–Crippen MR) is 158 cm³/mol. The lowest BCUT2D eigenvalue weighted by atomic mass is 10.0. The Kier molecular flexibility index (Phi) is 8.15. The minimum atomic E-state index is -3.90. The number of sulfonamides is 1. The number of aromatic nitrogens is 2. The topological polar surface area (TPSA) is 134 Å². The number of amides is 2. The van der Waals surface area contributed by atoms with Crippen molar-refractivity contribution in [2.45, 2.75) is 51.1 Å². The number of carbonyl (C=O) groups is 2. The van der Waals surface area contributed by atoms with Crippen molar-refractivity contribution in [1.82, 2.24) is 19.6 Å². The third kappa shape index (κ3) is 5.85. The summed E-state index contributed by atoms with van der Waals surface area (Å²) in [5.74, 6) is 0.976. The van der Waals surface area contributed by atoms with E-state index in [0.29, 0.717) is 52.7 Å². The SMILES string of the molecule is CCOCC(=O)N(C)c1cccc(Nc2nc(C)c(-c3cc4c(c(S(=O)(=O)NC)c3)C(=O)N([C@@H](C)C3CC3)C4)s2)n1. The Balaban J connectivity index is 1.45. The van der Waals surface area contributed by atoms with Crippen LogP contribution in [0.5, 0.6) is 0 Å². The summed E-state index contributed by atoms with van der Waals surface area (Å²) in [5.41, 5.74) is 2.33. The number of carbonyl (C=O) groups excluding carboxylic acids is 2. The minimum absolute atomic E-state index is 0.0144. The van der Waals surface area contributed by atoms with Crippen molar-refractivity contribution in [2.24, 2.45) is 5.92 Å².